The number of carbonyl (C=O) groups excluding carboxylic acids is 2. The van der Waals surface area contributed by atoms with Crippen molar-refractivity contribution in [3.05, 3.63) is 0 Å². The highest BCUT2D eigenvalue weighted by molar-refractivity contribution is 5.57. The summed E-state index contributed by atoms with van der Waals surface area (Å²) >= 11 is 0. The molecule has 0 radical (unpaired) electrons. The van der Waals surface area contributed by atoms with Crippen molar-refractivity contribution in [1.29, 1.82) is 0 Å². The van der Waals surface area contributed by atoms with Gasteiger partial charge in [-0.15, -0.1) is 0 Å². The Morgan fingerprint density at radius 3 is 0.958 bits per heavy atom. The summed E-state index contributed by atoms with van der Waals surface area (Å²) < 4.78 is 0. The van der Waals surface area contributed by atoms with Gasteiger partial charge in [0.2, 0.25) is 0 Å². The molecule has 0 saturated heterocycles. The molecule has 0 heterocycles. The molecular weight excluding hydrogens is 336 g/mol. The second-order valence-corrected chi connectivity index (χ2v) is 4.72. The average Bonchev–Trinajstić information content (AvgIpc) is 2.62. The Hall–Kier alpha value is -1.06. The summed E-state index contributed by atoms with van der Waals surface area (Å²) in [4.78, 5) is 19.8. The van der Waals surface area contributed by atoms with Crippen molar-refractivity contribution >= 4 is 12.6 Å². The molecule has 0 spiro atoms. The van der Waals surface area contributed by atoms with Gasteiger partial charge in [0, 0.05) is 0 Å². The Balaban J connectivity index is 0. The zero-order chi connectivity index (χ0) is 19.4. The van der Waals surface area contributed by atoms with E-state index >= 15 is 0 Å². The van der Waals surface area contributed by atoms with E-state index in [4.69, 9.17) is 51.1 Å². The third-order valence-corrected chi connectivity index (χ3v) is 2.84. The topological polar surface area (TPSA) is 236 Å². The fraction of sp³-hybridized carbons (Fsp3) is 0.833. The third kappa shape index (κ3) is 8.70. The van der Waals surface area contributed by atoms with Crippen molar-refractivity contribution in [2.75, 3.05) is 13.2 Å². The monoisotopic (exact) mass is 360 g/mol. The van der Waals surface area contributed by atoms with Crippen LogP contribution in [-0.4, -0.2) is 126 Å². The zero-order valence-corrected chi connectivity index (χ0v) is 12.5. The van der Waals surface area contributed by atoms with Crippen LogP contribution in [0.1, 0.15) is 0 Å². The molecule has 0 amide bonds. The first-order valence-corrected chi connectivity index (χ1v) is 6.65. The van der Waals surface area contributed by atoms with Crippen LogP contribution in [0.2, 0.25) is 0 Å². The summed E-state index contributed by atoms with van der Waals surface area (Å²) in [6.45, 7) is -1.52. The van der Waals surface area contributed by atoms with Crippen molar-refractivity contribution < 1.29 is 60.7 Å². The number of aliphatic hydroxyl groups is 10. The molecule has 0 aliphatic carbocycles. The standard InChI is InChI=1S/2C6H12O6/c2*7-1-3(9)5(11)6(12)4(10)2-8/h2*1,3-6,8-12H,2H2/t3-,4+,5+,6+;3-,4-,5-,6-/m01/s1. The molecule has 8 atom stereocenters. The second kappa shape index (κ2) is 13.3. The van der Waals surface area contributed by atoms with Crippen molar-refractivity contribution in [1.82, 2.24) is 0 Å². The number of hydrogen-bond acceptors (Lipinski definition) is 12. The molecule has 10 N–H and O–H groups in total. The number of rotatable bonds is 10. The molecule has 0 fully saturated rings. The fourth-order valence-electron chi connectivity index (χ4n) is 1.24. The van der Waals surface area contributed by atoms with Gasteiger partial charge in [0.05, 0.1) is 13.2 Å². The maximum Gasteiger partial charge on any atom is 0.151 e. The lowest BCUT2D eigenvalue weighted by molar-refractivity contribution is -0.136. The lowest BCUT2D eigenvalue weighted by Gasteiger charge is -2.22. The van der Waals surface area contributed by atoms with Gasteiger partial charge in [-0.1, -0.05) is 0 Å². The molecule has 0 aromatic carbocycles. The van der Waals surface area contributed by atoms with Crippen molar-refractivity contribution in [2.24, 2.45) is 0 Å². The Bertz CT molecular complexity index is 308. The maximum atomic E-state index is 9.90. The van der Waals surface area contributed by atoms with E-state index in [-0.39, 0.29) is 12.6 Å². The molecular formula is C12H24O12. The van der Waals surface area contributed by atoms with Gasteiger partial charge in [-0.25, -0.2) is 0 Å². The molecule has 12 heteroatoms. The van der Waals surface area contributed by atoms with E-state index in [1.807, 2.05) is 0 Å². The lowest BCUT2D eigenvalue weighted by Crippen LogP contribution is -2.46. The van der Waals surface area contributed by atoms with Gasteiger partial charge in [0.25, 0.3) is 0 Å². The van der Waals surface area contributed by atoms with Gasteiger partial charge < -0.3 is 60.7 Å². The highest BCUT2D eigenvalue weighted by Crippen LogP contribution is 2.03. The van der Waals surface area contributed by atoms with Gasteiger partial charge in [-0.3, -0.25) is 0 Å². The summed E-state index contributed by atoms with van der Waals surface area (Å²) in [6, 6.07) is 0. The molecule has 0 rings (SSSR count). The van der Waals surface area contributed by atoms with Gasteiger partial charge in [-0.2, -0.15) is 0 Å². The first kappa shape index (κ1) is 25.2. The maximum absolute atomic E-state index is 9.90. The minimum atomic E-state index is -1.79. The lowest BCUT2D eigenvalue weighted by atomic mass is 10.0. The summed E-state index contributed by atoms with van der Waals surface area (Å²) in [6.07, 6.45) is -13.7. The molecule has 0 aromatic rings. The van der Waals surface area contributed by atoms with Crippen LogP contribution in [-0.2, 0) is 9.59 Å². The molecule has 12 nitrogen and oxygen atoms in total. The highest BCUT2D eigenvalue weighted by atomic mass is 16.4. The quantitative estimate of drug-likeness (QED) is 0.164. The van der Waals surface area contributed by atoms with Crippen LogP contribution >= 0.6 is 0 Å². The minimum absolute atomic E-state index is 0.0258. The molecule has 0 aliphatic heterocycles. The number of carbonyl (C=O) groups is 2. The molecule has 24 heavy (non-hydrogen) atoms. The van der Waals surface area contributed by atoms with Crippen LogP contribution in [0.4, 0.5) is 0 Å². The van der Waals surface area contributed by atoms with Crippen LogP contribution in [0.25, 0.3) is 0 Å². The number of aliphatic hydroxyl groups excluding tert-OH is 10. The van der Waals surface area contributed by atoms with Crippen LogP contribution in [0.3, 0.4) is 0 Å². The Labute approximate surface area is 136 Å². The van der Waals surface area contributed by atoms with E-state index in [1.54, 1.807) is 0 Å². The molecule has 144 valence electrons. The number of hydrogen-bond donors (Lipinski definition) is 10. The first-order chi connectivity index (χ1) is 11.1. The molecule has 0 aromatic heterocycles. The summed E-state index contributed by atoms with van der Waals surface area (Å²) in [7, 11) is 0. The summed E-state index contributed by atoms with van der Waals surface area (Å²) in [5, 5.41) is 87.1. The summed E-state index contributed by atoms with van der Waals surface area (Å²) in [5.41, 5.74) is 0. The zero-order valence-electron chi connectivity index (χ0n) is 12.5. The van der Waals surface area contributed by atoms with E-state index in [0.717, 1.165) is 0 Å². The van der Waals surface area contributed by atoms with E-state index in [9.17, 15) is 9.59 Å². The number of aldehydes is 2. The smallest absolute Gasteiger partial charge is 0.151 e. The van der Waals surface area contributed by atoms with Crippen molar-refractivity contribution in [2.45, 2.75) is 48.8 Å². The molecule has 0 saturated carbocycles. The van der Waals surface area contributed by atoms with Crippen molar-refractivity contribution in [3.63, 3.8) is 0 Å². The van der Waals surface area contributed by atoms with E-state index < -0.39 is 62.0 Å². The summed E-state index contributed by atoms with van der Waals surface area (Å²) in [5.74, 6) is 0. The van der Waals surface area contributed by atoms with Gasteiger partial charge >= 0.3 is 0 Å². The Morgan fingerprint density at radius 2 is 0.792 bits per heavy atom. The van der Waals surface area contributed by atoms with Gasteiger partial charge in [0.15, 0.2) is 12.6 Å². The van der Waals surface area contributed by atoms with E-state index in [0.29, 0.717) is 0 Å². The van der Waals surface area contributed by atoms with Gasteiger partial charge in [0.1, 0.15) is 48.8 Å². The SMILES string of the molecule is O=C[C@@H](O)[C@@H](O)[C@H](O)[C@H](O)CO.O=C[C@H](O)[C@@H](O)[C@H](O)[C@H](O)CO. The van der Waals surface area contributed by atoms with E-state index in [2.05, 4.69) is 0 Å². The predicted molar refractivity (Wildman–Crippen MR) is 74.4 cm³/mol. The van der Waals surface area contributed by atoms with Crippen LogP contribution in [0.15, 0.2) is 0 Å². The molecule has 0 unspecified atom stereocenters. The fourth-order valence-corrected chi connectivity index (χ4v) is 1.24. The third-order valence-electron chi connectivity index (χ3n) is 2.84. The minimum Gasteiger partial charge on any atom is -0.394 e. The van der Waals surface area contributed by atoms with Crippen LogP contribution < -0.4 is 0 Å². The molecule has 0 bridgehead atoms. The van der Waals surface area contributed by atoms with Crippen molar-refractivity contribution in [3.8, 4) is 0 Å². The first-order valence-electron chi connectivity index (χ1n) is 6.65. The Kier molecular flexibility index (Phi) is 13.9. The van der Waals surface area contributed by atoms with E-state index in [1.165, 1.54) is 0 Å². The van der Waals surface area contributed by atoms with Crippen LogP contribution in [0.5, 0.6) is 0 Å². The average molecular weight is 360 g/mol. The van der Waals surface area contributed by atoms with Gasteiger partial charge in [-0.05, 0) is 0 Å². The predicted octanol–water partition coefficient (Wildman–Crippen LogP) is -6.76. The van der Waals surface area contributed by atoms with Crippen LogP contribution in [0, 0.1) is 0 Å². The highest BCUT2D eigenvalue weighted by Gasteiger charge is 2.30. The largest absolute Gasteiger partial charge is 0.394 e. The second-order valence-electron chi connectivity index (χ2n) is 4.72. The normalized spacial score (nSPS) is 21.1. The molecule has 0 aliphatic rings. The Morgan fingerprint density at radius 1 is 0.542 bits per heavy atom.